The molecule has 0 aliphatic carbocycles. The fraction of sp³-hybridized carbons (Fsp3) is 0.878. The van der Waals surface area contributed by atoms with E-state index in [1.807, 2.05) is 0 Å². The van der Waals surface area contributed by atoms with E-state index in [0.717, 1.165) is 64.2 Å². The number of rotatable bonds is 47. The highest BCUT2D eigenvalue weighted by molar-refractivity contribution is 7.47. The Hall–Kier alpha value is -1.51. The molecule has 0 aromatic carbocycles. The largest absolute Gasteiger partial charge is 0.472 e. The first-order valence-corrected chi connectivity index (χ1v) is 26.3. The van der Waals surface area contributed by atoms with E-state index >= 15 is 0 Å². The van der Waals surface area contributed by atoms with Gasteiger partial charge in [-0.05, 0) is 44.9 Å². The van der Waals surface area contributed by atoms with Crippen molar-refractivity contribution >= 4 is 19.7 Å². The lowest BCUT2D eigenvalue weighted by atomic mass is 10.0. The van der Waals surface area contributed by atoms with Crippen molar-refractivity contribution in [2.75, 3.05) is 26.4 Å². The van der Waals surface area contributed by atoms with E-state index < -0.39 is 26.5 Å². The number of esters is 1. The molecule has 1 amide bonds. The lowest BCUT2D eigenvalue weighted by Crippen LogP contribution is -2.27. The molecule has 0 fully saturated rings. The number of hydrogen-bond acceptors (Lipinski definition) is 7. The van der Waals surface area contributed by atoms with Crippen LogP contribution < -0.4 is 5.32 Å². The van der Waals surface area contributed by atoms with E-state index in [-0.39, 0.29) is 32.1 Å². The number of aliphatic hydroxyl groups is 1. The van der Waals surface area contributed by atoms with Crippen molar-refractivity contribution in [2.45, 2.75) is 251 Å². The Balaban J connectivity index is 3.54. The minimum absolute atomic E-state index is 0.0838. The number of carbonyl (C=O) groups excluding carboxylic acids is 2. The standard InChI is InChI=1S/C49H94NO8P/c1-3-5-7-9-11-13-15-17-19-21-22-23-24-25-26-27-29-31-33-35-37-39-41-48(52)50-43-44-57-59(54,55)58-46-47(51)45-56-49(53)42-40-38-36-34-32-30-28-20-18-16-14-12-10-8-6-4-2/h14,16,20,28,47,51H,3-13,15,17-19,21-27,29-46H2,1-2H3,(H,50,52)(H,54,55)/b16-14-,28-20-. The van der Waals surface area contributed by atoms with Crippen LogP contribution in [0.1, 0.15) is 245 Å². The van der Waals surface area contributed by atoms with Crippen LogP contribution in [0.4, 0.5) is 0 Å². The number of carbonyl (C=O) groups is 2. The number of aliphatic hydroxyl groups excluding tert-OH is 1. The minimum Gasteiger partial charge on any atom is -0.463 e. The predicted octanol–water partition coefficient (Wildman–Crippen LogP) is 14.3. The lowest BCUT2D eigenvalue weighted by Gasteiger charge is -2.15. The summed E-state index contributed by atoms with van der Waals surface area (Å²) >= 11 is 0. The van der Waals surface area contributed by atoms with Crippen LogP contribution >= 0.6 is 7.82 Å². The van der Waals surface area contributed by atoms with Crippen LogP contribution in [-0.2, 0) is 27.9 Å². The van der Waals surface area contributed by atoms with E-state index in [9.17, 15) is 24.2 Å². The van der Waals surface area contributed by atoms with Crippen LogP contribution in [-0.4, -0.2) is 54.3 Å². The summed E-state index contributed by atoms with van der Waals surface area (Å²) in [7, 11) is -4.42. The van der Waals surface area contributed by atoms with Crippen molar-refractivity contribution in [1.29, 1.82) is 0 Å². The third-order valence-corrected chi connectivity index (χ3v) is 11.9. The molecule has 59 heavy (non-hydrogen) atoms. The molecule has 0 aromatic heterocycles. The van der Waals surface area contributed by atoms with Crippen LogP contribution in [0.15, 0.2) is 24.3 Å². The summed E-state index contributed by atoms with van der Waals surface area (Å²) in [6, 6.07) is 0. The second-order valence-electron chi connectivity index (χ2n) is 16.8. The van der Waals surface area contributed by atoms with Gasteiger partial charge in [0.1, 0.15) is 12.7 Å². The molecule has 10 heteroatoms. The van der Waals surface area contributed by atoms with Gasteiger partial charge in [-0.2, -0.15) is 0 Å². The molecular formula is C49H94NO8P. The first-order chi connectivity index (χ1) is 28.8. The second-order valence-corrected chi connectivity index (χ2v) is 18.2. The van der Waals surface area contributed by atoms with E-state index in [0.29, 0.717) is 6.42 Å². The van der Waals surface area contributed by atoms with E-state index in [1.54, 1.807) is 0 Å². The number of amides is 1. The molecule has 0 saturated heterocycles. The molecular weight excluding hydrogens is 762 g/mol. The smallest absolute Gasteiger partial charge is 0.463 e. The lowest BCUT2D eigenvalue weighted by molar-refractivity contribution is -0.147. The summed E-state index contributed by atoms with van der Waals surface area (Å²) in [5.41, 5.74) is 0. The van der Waals surface area contributed by atoms with E-state index in [4.69, 9.17) is 13.8 Å². The Morgan fingerprint density at radius 3 is 1.37 bits per heavy atom. The Bertz CT molecular complexity index is 1020. The van der Waals surface area contributed by atoms with Gasteiger partial charge in [-0.1, -0.05) is 212 Å². The molecule has 0 aliphatic rings. The van der Waals surface area contributed by atoms with Crippen LogP contribution in [0.3, 0.4) is 0 Å². The zero-order chi connectivity index (χ0) is 43.2. The molecule has 0 bridgehead atoms. The number of nitrogens with one attached hydrogen (secondary N) is 1. The quantitative estimate of drug-likeness (QED) is 0.0239. The van der Waals surface area contributed by atoms with Crippen molar-refractivity contribution in [3.63, 3.8) is 0 Å². The van der Waals surface area contributed by atoms with Crippen LogP contribution in [0.25, 0.3) is 0 Å². The predicted molar refractivity (Wildman–Crippen MR) is 248 cm³/mol. The highest BCUT2D eigenvalue weighted by Gasteiger charge is 2.23. The van der Waals surface area contributed by atoms with Gasteiger partial charge < -0.3 is 20.1 Å². The number of unbranched alkanes of at least 4 members (excludes halogenated alkanes) is 30. The van der Waals surface area contributed by atoms with Gasteiger partial charge >= 0.3 is 13.8 Å². The molecule has 2 atom stereocenters. The number of phosphoric ester groups is 1. The minimum atomic E-state index is -4.42. The molecule has 0 aliphatic heterocycles. The Labute approximate surface area is 363 Å². The molecule has 9 nitrogen and oxygen atoms in total. The van der Waals surface area contributed by atoms with Crippen molar-refractivity contribution in [2.24, 2.45) is 0 Å². The number of phosphoric acid groups is 1. The molecule has 3 N–H and O–H groups in total. The summed E-state index contributed by atoms with van der Waals surface area (Å²) in [4.78, 5) is 34.0. The van der Waals surface area contributed by atoms with E-state index in [2.05, 4.69) is 43.5 Å². The monoisotopic (exact) mass is 856 g/mol. The van der Waals surface area contributed by atoms with Crippen molar-refractivity contribution in [1.82, 2.24) is 5.32 Å². The summed E-state index contributed by atoms with van der Waals surface area (Å²) in [5, 5.41) is 12.7. The molecule has 0 radical (unpaired) electrons. The van der Waals surface area contributed by atoms with Gasteiger partial charge in [0.2, 0.25) is 5.91 Å². The summed E-state index contributed by atoms with van der Waals surface area (Å²) in [6.45, 7) is 3.56. The van der Waals surface area contributed by atoms with Crippen LogP contribution in [0.5, 0.6) is 0 Å². The number of allylic oxidation sites excluding steroid dienone is 4. The fourth-order valence-corrected chi connectivity index (χ4v) is 7.88. The molecule has 2 unspecified atom stereocenters. The maximum Gasteiger partial charge on any atom is 0.472 e. The summed E-state index contributed by atoms with van der Waals surface area (Å²) < 4.78 is 26.9. The molecule has 348 valence electrons. The SMILES string of the molecule is CCCCCC/C=C\C/C=C\CCCCCCCC(=O)OCC(O)COP(=O)(O)OCCNC(=O)CCCCCCCCCCCCCCCCCCCCCCCC. The second kappa shape index (κ2) is 46.0. The number of ether oxygens (including phenoxy) is 1. The van der Waals surface area contributed by atoms with Crippen molar-refractivity contribution in [3.05, 3.63) is 24.3 Å². The maximum absolute atomic E-state index is 12.1. The average molecular weight is 856 g/mol. The molecule has 0 aromatic rings. The van der Waals surface area contributed by atoms with Crippen LogP contribution in [0.2, 0.25) is 0 Å². The van der Waals surface area contributed by atoms with E-state index in [1.165, 1.54) is 154 Å². The van der Waals surface area contributed by atoms with Gasteiger partial charge in [0.15, 0.2) is 0 Å². The summed E-state index contributed by atoms with van der Waals surface area (Å²) in [6.07, 6.45) is 51.2. The third-order valence-electron chi connectivity index (χ3n) is 10.9. The normalized spacial score (nSPS) is 13.4. The summed E-state index contributed by atoms with van der Waals surface area (Å²) in [5.74, 6) is -0.520. The van der Waals surface area contributed by atoms with Gasteiger partial charge in [-0.25, -0.2) is 4.57 Å². The zero-order valence-electron chi connectivity index (χ0n) is 38.5. The average Bonchev–Trinajstić information content (AvgIpc) is 3.22. The van der Waals surface area contributed by atoms with Gasteiger partial charge in [0, 0.05) is 19.4 Å². The Morgan fingerprint density at radius 2 is 0.915 bits per heavy atom. The highest BCUT2D eigenvalue weighted by Crippen LogP contribution is 2.42. The maximum atomic E-state index is 12.1. The van der Waals surface area contributed by atoms with Crippen molar-refractivity contribution < 1.29 is 37.9 Å². The first kappa shape index (κ1) is 57.5. The Kier molecular flexibility index (Phi) is 44.8. The number of hydrogen-bond donors (Lipinski definition) is 3. The molecule has 0 rings (SSSR count). The van der Waals surface area contributed by atoms with Gasteiger partial charge in [0.05, 0.1) is 13.2 Å². The zero-order valence-corrected chi connectivity index (χ0v) is 39.4. The van der Waals surface area contributed by atoms with Gasteiger partial charge in [0.25, 0.3) is 0 Å². The molecule has 0 heterocycles. The molecule has 0 saturated carbocycles. The highest BCUT2D eigenvalue weighted by atomic mass is 31.2. The topological polar surface area (TPSA) is 131 Å². The van der Waals surface area contributed by atoms with Gasteiger partial charge in [-0.15, -0.1) is 0 Å². The van der Waals surface area contributed by atoms with Gasteiger partial charge in [-0.3, -0.25) is 18.6 Å². The first-order valence-electron chi connectivity index (χ1n) is 24.8. The van der Waals surface area contributed by atoms with Crippen molar-refractivity contribution in [3.8, 4) is 0 Å². The Morgan fingerprint density at radius 1 is 0.525 bits per heavy atom. The van der Waals surface area contributed by atoms with Crippen LogP contribution in [0, 0.1) is 0 Å². The molecule has 0 spiro atoms. The fourth-order valence-electron chi connectivity index (χ4n) is 7.12. The third kappa shape index (κ3) is 47.4.